The minimum Gasteiger partial charge on any atom is -0.493 e. The molecule has 0 fully saturated rings. The number of methoxy groups -OCH3 is 2. The predicted molar refractivity (Wildman–Crippen MR) is 121 cm³/mol. The van der Waals surface area contributed by atoms with Crippen LogP contribution in [0.3, 0.4) is 0 Å². The highest BCUT2D eigenvalue weighted by Crippen LogP contribution is 2.49. The third-order valence-corrected chi connectivity index (χ3v) is 5.65. The van der Waals surface area contributed by atoms with Gasteiger partial charge in [0.1, 0.15) is 0 Å². The molecule has 2 aromatic rings. The quantitative estimate of drug-likeness (QED) is 0.527. The van der Waals surface area contributed by atoms with Crippen molar-refractivity contribution in [3.8, 4) is 11.5 Å². The Morgan fingerprint density at radius 2 is 1.70 bits per heavy atom. The summed E-state index contributed by atoms with van der Waals surface area (Å²) in [6, 6.07) is 13.8. The van der Waals surface area contributed by atoms with Gasteiger partial charge in [-0.05, 0) is 31.0 Å². The van der Waals surface area contributed by atoms with E-state index in [1.807, 2.05) is 42.5 Å². The molecule has 1 atom stereocenters. The van der Waals surface area contributed by atoms with Gasteiger partial charge in [0.15, 0.2) is 17.2 Å². The van der Waals surface area contributed by atoms with Crippen LogP contribution in [0.25, 0.3) is 0 Å². The van der Waals surface area contributed by atoms with E-state index in [4.69, 9.17) is 9.47 Å². The van der Waals surface area contributed by atoms with E-state index in [0.717, 1.165) is 42.6 Å². The monoisotopic (exact) mass is 411 g/mol. The molecule has 0 saturated heterocycles. The molecule has 0 bridgehead atoms. The maximum Gasteiger partial charge on any atom is 0.227 e. The Balaban J connectivity index is 2.17. The summed E-state index contributed by atoms with van der Waals surface area (Å²) >= 11 is 0. The van der Waals surface area contributed by atoms with Crippen LogP contribution in [-0.2, 0) is 10.5 Å². The number of rotatable bonds is 10. The van der Waals surface area contributed by atoms with Gasteiger partial charge in [0.2, 0.25) is 5.91 Å². The summed E-state index contributed by atoms with van der Waals surface area (Å²) in [6.45, 7) is 4.86. The van der Waals surface area contributed by atoms with Crippen LogP contribution < -0.4 is 25.4 Å². The van der Waals surface area contributed by atoms with Gasteiger partial charge < -0.3 is 25.4 Å². The summed E-state index contributed by atoms with van der Waals surface area (Å²) in [7, 11) is 3.26. The summed E-state index contributed by atoms with van der Waals surface area (Å²) in [6.07, 6.45) is 3.58. The second-order valence-corrected chi connectivity index (χ2v) is 7.63. The molecule has 3 N–H and O–H groups in total. The lowest BCUT2D eigenvalue weighted by Gasteiger charge is -2.39. The van der Waals surface area contributed by atoms with Crippen LogP contribution in [0.15, 0.2) is 42.5 Å². The SMILES string of the molecule is CCCCC(C(=O)NCCC)C1(c2cccc(OC)c2OC)Nc2ccccc2N1. The molecule has 3 rings (SSSR count). The fourth-order valence-electron chi connectivity index (χ4n) is 4.18. The molecule has 0 radical (unpaired) electrons. The molecule has 1 amide bonds. The van der Waals surface area contributed by atoms with E-state index in [9.17, 15) is 4.79 Å². The molecule has 1 aliphatic rings. The normalized spacial score (nSPS) is 14.8. The lowest BCUT2D eigenvalue weighted by Crippen LogP contribution is -2.52. The smallest absolute Gasteiger partial charge is 0.227 e. The highest BCUT2D eigenvalue weighted by molar-refractivity contribution is 5.86. The highest BCUT2D eigenvalue weighted by atomic mass is 16.5. The zero-order valence-electron chi connectivity index (χ0n) is 18.4. The number of hydrogen-bond acceptors (Lipinski definition) is 5. The number of fused-ring (bicyclic) bond motifs is 1. The Kier molecular flexibility index (Phi) is 7.08. The van der Waals surface area contributed by atoms with E-state index in [1.54, 1.807) is 14.2 Å². The largest absolute Gasteiger partial charge is 0.493 e. The first kappa shape index (κ1) is 21.8. The number of carbonyl (C=O) groups is 1. The molecule has 0 aromatic heterocycles. The van der Waals surface area contributed by atoms with Crippen molar-refractivity contribution >= 4 is 17.3 Å². The average molecular weight is 412 g/mol. The molecule has 6 heteroatoms. The molecule has 0 spiro atoms. The minimum absolute atomic E-state index is 0.0305. The van der Waals surface area contributed by atoms with Crippen LogP contribution in [0.4, 0.5) is 11.4 Å². The van der Waals surface area contributed by atoms with Crippen molar-refractivity contribution < 1.29 is 14.3 Å². The summed E-state index contributed by atoms with van der Waals surface area (Å²) in [5.41, 5.74) is 1.93. The number of anilines is 2. The Hall–Kier alpha value is -2.89. The molecule has 30 heavy (non-hydrogen) atoms. The summed E-state index contributed by atoms with van der Waals surface area (Å²) in [5.74, 6) is 0.940. The van der Waals surface area contributed by atoms with Crippen molar-refractivity contribution in [2.45, 2.75) is 45.2 Å². The summed E-state index contributed by atoms with van der Waals surface area (Å²) < 4.78 is 11.3. The standard InChI is InChI=1S/C24H33N3O3/c1-5-7-11-18(23(28)25-16-6-2)24(26-19-13-8-9-14-20(19)27-24)17-12-10-15-21(29-3)22(17)30-4/h8-10,12-15,18,26-27H,5-7,11,16H2,1-4H3,(H,25,28). The summed E-state index contributed by atoms with van der Waals surface area (Å²) in [4.78, 5) is 13.4. The van der Waals surface area contributed by atoms with Gasteiger partial charge in [0, 0.05) is 12.1 Å². The number of unbranched alkanes of at least 4 members (excludes halogenated alkanes) is 1. The Bertz CT molecular complexity index is 844. The van der Waals surface area contributed by atoms with Crippen LogP contribution in [0.1, 0.15) is 45.1 Å². The van der Waals surface area contributed by atoms with Gasteiger partial charge in [-0.3, -0.25) is 4.79 Å². The van der Waals surface area contributed by atoms with E-state index in [0.29, 0.717) is 18.0 Å². The second kappa shape index (κ2) is 9.74. The van der Waals surface area contributed by atoms with E-state index in [2.05, 4.69) is 29.8 Å². The fraction of sp³-hybridized carbons (Fsp3) is 0.458. The molecule has 0 saturated carbocycles. The van der Waals surface area contributed by atoms with E-state index in [1.165, 1.54) is 0 Å². The molecule has 1 aliphatic heterocycles. The third kappa shape index (κ3) is 4.04. The lowest BCUT2D eigenvalue weighted by molar-refractivity contribution is -0.126. The molecule has 6 nitrogen and oxygen atoms in total. The Morgan fingerprint density at radius 3 is 2.27 bits per heavy atom. The van der Waals surface area contributed by atoms with E-state index in [-0.39, 0.29) is 11.8 Å². The zero-order valence-corrected chi connectivity index (χ0v) is 18.4. The van der Waals surface area contributed by atoms with Crippen LogP contribution in [0.5, 0.6) is 11.5 Å². The molecule has 2 aromatic carbocycles. The van der Waals surface area contributed by atoms with Gasteiger partial charge in [-0.25, -0.2) is 0 Å². The third-order valence-electron chi connectivity index (χ3n) is 5.65. The number of para-hydroxylation sites is 3. The number of carbonyl (C=O) groups excluding carboxylic acids is 1. The number of hydrogen-bond donors (Lipinski definition) is 3. The maximum absolute atomic E-state index is 13.4. The first-order valence-electron chi connectivity index (χ1n) is 10.8. The van der Waals surface area contributed by atoms with E-state index >= 15 is 0 Å². The van der Waals surface area contributed by atoms with Crippen LogP contribution in [0, 0.1) is 5.92 Å². The van der Waals surface area contributed by atoms with Gasteiger partial charge in [0.05, 0.1) is 31.5 Å². The number of benzene rings is 2. The van der Waals surface area contributed by atoms with Crippen molar-refractivity contribution in [2.24, 2.45) is 5.92 Å². The molecular weight excluding hydrogens is 378 g/mol. The average Bonchev–Trinajstić information content (AvgIpc) is 3.17. The lowest BCUT2D eigenvalue weighted by atomic mass is 9.81. The van der Waals surface area contributed by atoms with Gasteiger partial charge in [-0.1, -0.05) is 51.0 Å². The number of nitrogens with one attached hydrogen (secondary N) is 3. The molecule has 1 heterocycles. The number of amides is 1. The number of ether oxygens (including phenoxy) is 2. The highest BCUT2D eigenvalue weighted by Gasteiger charge is 2.49. The topological polar surface area (TPSA) is 71.6 Å². The molecular formula is C24H33N3O3. The first-order chi connectivity index (χ1) is 14.6. The van der Waals surface area contributed by atoms with Crippen LogP contribution in [0.2, 0.25) is 0 Å². The Labute approximate surface area is 179 Å². The molecule has 162 valence electrons. The fourth-order valence-corrected chi connectivity index (χ4v) is 4.18. The Morgan fingerprint density at radius 1 is 1.00 bits per heavy atom. The van der Waals surface area contributed by atoms with E-state index < -0.39 is 5.66 Å². The van der Waals surface area contributed by atoms with Crippen LogP contribution in [-0.4, -0.2) is 26.7 Å². The second-order valence-electron chi connectivity index (χ2n) is 7.63. The molecule has 0 aliphatic carbocycles. The van der Waals surface area contributed by atoms with Crippen molar-refractivity contribution in [3.63, 3.8) is 0 Å². The predicted octanol–water partition coefficient (Wildman–Crippen LogP) is 4.73. The van der Waals surface area contributed by atoms with Crippen molar-refractivity contribution in [1.29, 1.82) is 0 Å². The molecule has 1 unspecified atom stereocenters. The summed E-state index contributed by atoms with van der Waals surface area (Å²) in [5, 5.41) is 10.4. The van der Waals surface area contributed by atoms with Crippen molar-refractivity contribution in [3.05, 3.63) is 48.0 Å². The van der Waals surface area contributed by atoms with Gasteiger partial charge in [-0.15, -0.1) is 0 Å². The van der Waals surface area contributed by atoms with Gasteiger partial charge in [-0.2, -0.15) is 0 Å². The van der Waals surface area contributed by atoms with Crippen LogP contribution >= 0.6 is 0 Å². The first-order valence-corrected chi connectivity index (χ1v) is 10.8. The van der Waals surface area contributed by atoms with Crippen molar-refractivity contribution in [1.82, 2.24) is 5.32 Å². The van der Waals surface area contributed by atoms with Gasteiger partial charge >= 0.3 is 0 Å². The van der Waals surface area contributed by atoms with Crippen molar-refractivity contribution in [2.75, 3.05) is 31.4 Å². The zero-order chi connectivity index (χ0) is 21.6. The minimum atomic E-state index is -0.851. The van der Waals surface area contributed by atoms with Gasteiger partial charge in [0.25, 0.3) is 0 Å². The maximum atomic E-state index is 13.4.